The predicted molar refractivity (Wildman–Crippen MR) is 121 cm³/mol. The van der Waals surface area contributed by atoms with Gasteiger partial charge in [0.1, 0.15) is 11.5 Å². The Labute approximate surface area is 183 Å². The van der Waals surface area contributed by atoms with Crippen LogP contribution in [0.15, 0.2) is 29.7 Å². The Kier molecular flexibility index (Phi) is 7.15. The van der Waals surface area contributed by atoms with Crippen molar-refractivity contribution in [1.82, 2.24) is 14.8 Å². The van der Waals surface area contributed by atoms with E-state index in [-0.39, 0.29) is 11.3 Å². The number of rotatable bonds is 6. The molecule has 6 nitrogen and oxygen atoms in total. The van der Waals surface area contributed by atoms with E-state index in [9.17, 15) is 4.79 Å². The molecule has 0 spiro atoms. The van der Waals surface area contributed by atoms with Crippen LogP contribution in [-0.2, 0) is 16.8 Å². The highest BCUT2D eigenvalue weighted by Crippen LogP contribution is 2.27. The molecule has 7 heteroatoms. The van der Waals surface area contributed by atoms with Gasteiger partial charge < -0.3 is 14.4 Å². The van der Waals surface area contributed by atoms with Crippen LogP contribution in [0.1, 0.15) is 37.0 Å². The van der Waals surface area contributed by atoms with E-state index in [4.69, 9.17) is 14.5 Å². The minimum absolute atomic E-state index is 0.0169. The summed E-state index contributed by atoms with van der Waals surface area (Å²) >= 11 is 1.73. The fourth-order valence-corrected chi connectivity index (χ4v) is 4.21. The van der Waals surface area contributed by atoms with Crippen LogP contribution < -0.4 is 9.47 Å². The number of benzene rings is 1. The van der Waals surface area contributed by atoms with E-state index in [0.717, 1.165) is 36.6 Å². The molecule has 1 saturated heterocycles. The number of nitrogens with zero attached hydrogens (tertiary/aromatic N) is 3. The van der Waals surface area contributed by atoms with Crippen LogP contribution in [0.25, 0.3) is 6.08 Å². The highest BCUT2D eigenvalue weighted by Gasteiger charge is 2.22. The van der Waals surface area contributed by atoms with Gasteiger partial charge >= 0.3 is 0 Å². The lowest BCUT2D eigenvalue weighted by atomic mass is 9.98. The minimum Gasteiger partial charge on any atom is -0.497 e. The SMILES string of the molecule is COc1ccc(OC)c(/C=C/C(=O)N2CCN(Cc3csc(C(C)(C)C)n3)CC2)c1. The summed E-state index contributed by atoms with van der Waals surface area (Å²) in [6, 6.07) is 5.54. The maximum Gasteiger partial charge on any atom is 0.246 e. The van der Waals surface area contributed by atoms with Crippen LogP contribution in [0.3, 0.4) is 0 Å². The second kappa shape index (κ2) is 9.62. The van der Waals surface area contributed by atoms with Crippen molar-refractivity contribution in [2.75, 3.05) is 40.4 Å². The van der Waals surface area contributed by atoms with Crippen LogP contribution in [-0.4, -0.2) is 61.1 Å². The number of ether oxygens (including phenoxy) is 2. The lowest BCUT2D eigenvalue weighted by Gasteiger charge is -2.33. The van der Waals surface area contributed by atoms with Gasteiger partial charge in [0.2, 0.25) is 5.91 Å². The topological polar surface area (TPSA) is 54.9 Å². The predicted octanol–water partition coefficient (Wildman–Crippen LogP) is 3.82. The highest BCUT2D eigenvalue weighted by molar-refractivity contribution is 7.09. The number of hydrogen-bond acceptors (Lipinski definition) is 6. The van der Waals surface area contributed by atoms with E-state index < -0.39 is 0 Å². The Morgan fingerprint density at radius 1 is 1.17 bits per heavy atom. The second-order valence-corrected chi connectivity index (χ2v) is 9.29. The molecule has 2 aromatic rings. The summed E-state index contributed by atoms with van der Waals surface area (Å²) in [7, 11) is 3.24. The summed E-state index contributed by atoms with van der Waals surface area (Å²) in [4.78, 5) is 21.7. The van der Waals surface area contributed by atoms with Gasteiger partial charge in [0.25, 0.3) is 0 Å². The summed E-state index contributed by atoms with van der Waals surface area (Å²) in [5.74, 6) is 1.46. The van der Waals surface area contributed by atoms with E-state index in [2.05, 4.69) is 31.1 Å². The van der Waals surface area contributed by atoms with Gasteiger partial charge in [0, 0.05) is 55.2 Å². The van der Waals surface area contributed by atoms with Gasteiger partial charge in [-0.1, -0.05) is 20.8 Å². The third-order valence-electron chi connectivity index (χ3n) is 5.11. The monoisotopic (exact) mass is 429 g/mol. The molecule has 0 aliphatic carbocycles. The van der Waals surface area contributed by atoms with Crippen molar-refractivity contribution >= 4 is 23.3 Å². The van der Waals surface area contributed by atoms with Gasteiger partial charge in [-0.3, -0.25) is 9.69 Å². The molecule has 1 amide bonds. The molecular weight excluding hydrogens is 398 g/mol. The number of thiazole rings is 1. The Bertz CT molecular complexity index is 893. The van der Waals surface area contributed by atoms with Gasteiger partial charge in [0.15, 0.2) is 0 Å². The number of carbonyl (C=O) groups is 1. The van der Waals surface area contributed by atoms with E-state index in [1.807, 2.05) is 23.1 Å². The van der Waals surface area contributed by atoms with Crippen molar-refractivity contribution < 1.29 is 14.3 Å². The first kappa shape index (κ1) is 22.3. The van der Waals surface area contributed by atoms with Gasteiger partial charge in [-0.2, -0.15) is 0 Å². The smallest absolute Gasteiger partial charge is 0.246 e. The molecule has 1 fully saturated rings. The molecule has 0 unspecified atom stereocenters. The Hall–Kier alpha value is -2.38. The quantitative estimate of drug-likeness (QED) is 0.654. The van der Waals surface area contributed by atoms with Gasteiger partial charge in [0.05, 0.1) is 24.9 Å². The summed E-state index contributed by atoms with van der Waals surface area (Å²) in [5, 5.41) is 3.33. The first-order chi connectivity index (χ1) is 14.3. The Morgan fingerprint density at radius 3 is 2.50 bits per heavy atom. The fourth-order valence-electron chi connectivity index (χ4n) is 3.32. The molecule has 0 bridgehead atoms. The number of methoxy groups -OCH3 is 2. The van der Waals surface area contributed by atoms with Crippen LogP contribution in [0, 0.1) is 0 Å². The van der Waals surface area contributed by atoms with E-state index >= 15 is 0 Å². The summed E-state index contributed by atoms with van der Waals surface area (Å²) < 4.78 is 10.6. The van der Waals surface area contributed by atoms with Crippen molar-refractivity contribution in [2.45, 2.75) is 32.7 Å². The van der Waals surface area contributed by atoms with Crippen LogP contribution in [0.5, 0.6) is 11.5 Å². The molecule has 1 aromatic heterocycles. The van der Waals surface area contributed by atoms with Crippen molar-refractivity contribution in [3.63, 3.8) is 0 Å². The van der Waals surface area contributed by atoms with Crippen molar-refractivity contribution in [3.05, 3.63) is 45.9 Å². The van der Waals surface area contributed by atoms with E-state index in [0.29, 0.717) is 18.8 Å². The van der Waals surface area contributed by atoms with Crippen LogP contribution in [0.2, 0.25) is 0 Å². The standard InChI is InChI=1S/C23H31N3O3S/c1-23(2,3)22-24-18(16-30-22)15-25-10-12-26(13-11-25)21(27)9-6-17-14-19(28-4)7-8-20(17)29-5/h6-9,14,16H,10-13,15H2,1-5H3/b9-6+. The second-order valence-electron chi connectivity index (χ2n) is 8.44. The van der Waals surface area contributed by atoms with E-state index in [1.54, 1.807) is 37.7 Å². The van der Waals surface area contributed by atoms with Crippen LogP contribution >= 0.6 is 11.3 Å². The molecule has 1 aromatic carbocycles. The molecule has 0 atom stereocenters. The highest BCUT2D eigenvalue weighted by atomic mass is 32.1. The number of amides is 1. The largest absolute Gasteiger partial charge is 0.497 e. The molecule has 3 rings (SSSR count). The van der Waals surface area contributed by atoms with Crippen molar-refractivity contribution in [1.29, 1.82) is 0 Å². The molecule has 0 radical (unpaired) electrons. The number of hydrogen-bond donors (Lipinski definition) is 0. The molecule has 1 aliphatic rings. The van der Waals surface area contributed by atoms with E-state index in [1.165, 1.54) is 5.01 Å². The molecule has 162 valence electrons. The Morgan fingerprint density at radius 2 is 1.90 bits per heavy atom. The number of carbonyl (C=O) groups excluding carboxylic acids is 1. The summed E-state index contributed by atoms with van der Waals surface area (Å²) in [5.41, 5.74) is 2.03. The number of piperazine rings is 1. The Balaban J connectivity index is 1.54. The fraction of sp³-hybridized carbons (Fsp3) is 0.478. The average molecular weight is 430 g/mol. The third-order valence-corrected chi connectivity index (χ3v) is 6.42. The minimum atomic E-state index is 0.0169. The molecule has 30 heavy (non-hydrogen) atoms. The third kappa shape index (κ3) is 5.61. The normalized spacial score (nSPS) is 15.6. The maximum atomic E-state index is 12.6. The number of aromatic nitrogens is 1. The molecule has 0 N–H and O–H groups in total. The summed E-state index contributed by atoms with van der Waals surface area (Å²) in [6.45, 7) is 10.5. The zero-order chi connectivity index (χ0) is 21.7. The molecule has 0 saturated carbocycles. The maximum absolute atomic E-state index is 12.6. The molecular formula is C23H31N3O3S. The average Bonchev–Trinajstić information content (AvgIpc) is 3.21. The van der Waals surface area contributed by atoms with Crippen molar-refractivity contribution in [2.24, 2.45) is 0 Å². The zero-order valence-electron chi connectivity index (χ0n) is 18.5. The molecule has 1 aliphatic heterocycles. The van der Waals surface area contributed by atoms with Gasteiger partial charge in [-0.15, -0.1) is 11.3 Å². The zero-order valence-corrected chi connectivity index (χ0v) is 19.3. The first-order valence-corrected chi connectivity index (χ1v) is 11.0. The summed E-state index contributed by atoms with van der Waals surface area (Å²) in [6.07, 6.45) is 3.41. The van der Waals surface area contributed by atoms with Crippen molar-refractivity contribution in [3.8, 4) is 11.5 Å². The van der Waals surface area contributed by atoms with Gasteiger partial charge in [-0.05, 0) is 24.3 Å². The lowest BCUT2D eigenvalue weighted by molar-refractivity contribution is -0.127. The first-order valence-electron chi connectivity index (χ1n) is 10.2. The lowest BCUT2D eigenvalue weighted by Crippen LogP contribution is -2.47. The molecule has 2 heterocycles. The van der Waals surface area contributed by atoms with Crippen LogP contribution in [0.4, 0.5) is 0 Å². The van der Waals surface area contributed by atoms with Gasteiger partial charge in [-0.25, -0.2) is 4.98 Å².